The standard InChI is InChI=1S/2C29H23N2.C9H5F3N3.Ir/c2*1-22-13-17-26(18-14-22)30-21-31(27-19-15-23(2)16-20-27)29(25-11-7-4-8-12-25)28(30)24-9-5-3-6-10-24;10-9(11,12)8-5-7(14-15-8)6-3-1-2-4-13-6;/h2*3-19H,1-2H3;1-5H;/q3*-1;. The molecule has 0 atom stereocenters. The van der Waals surface area contributed by atoms with Crippen molar-refractivity contribution in [1.29, 1.82) is 0 Å². The van der Waals surface area contributed by atoms with Crippen molar-refractivity contribution in [2.24, 2.45) is 0 Å². The van der Waals surface area contributed by atoms with Crippen LogP contribution < -0.4 is 14.2 Å². The van der Waals surface area contributed by atoms with Crippen molar-refractivity contribution in [2.45, 2.75) is 33.9 Å². The molecule has 11 heteroatoms. The van der Waals surface area contributed by atoms with Crippen molar-refractivity contribution < 1.29 is 42.4 Å². The molecule has 0 spiro atoms. The first-order chi connectivity index (χ1) is 37.5. The summed E-state index contributed by atoms with van der Waals surface area (Å²) in [6.07, 6.45) is 4.27. The van der Waals surface area contributed by atoms with Crippen LogP contribution in [0.3, 0.4) is 0 Å². The van der Waals surface area contributed by atoms with Crippen LogP contribution in [0.2, 0.25) is 0 Å². The number of pyridine rings is 1. The van der Waals surface area contributed by atoms with Crippen molar-refractivity contribution in [3.05, 3.63) is 289 Å². The van der Waals surface area contributed by atoms with Crippen LogP contribution in [0, 0.1) is 52.5 Å². The number of hydrogen-bond acceptors (Lipinski definition) is 2. The average Bonchev–Trinajstić information content (AvgIpc) is 4.25. The fraction of sp³-hybridized carbons (Fsp3) is 0.0746. The Morgan fingerprint density at radius 1 is 0.449 bits per heavy atom. The van der Waals surface area contributed by atoms with Gasteiger partial charge in [-0.25, -0.2) is 0 Å². The molecule has 7 nitrogen and oxygen atoms in total. The van der Waals surface area contributed by atoms with E-state index in [9.17, 15) is 13.2 Å². The van der Waals surface area contributed by atoms with Crippen molar-refractivity contribution in [2.75, 3.05) is 0 Å². The summed E-state index contributed by atoms with van der Waals surface area (Å²) in [4.78, 5) is 3.87. The summed E-state index contributed by atoms with van der Waals surface area (Å²) >= 11 is 0. The van der Waals surface area contributed by atoms with E-state index in [1.165, 1.54) is 28.5 Å². The molecule has 0 fully saturated rings. The number of halogens is 3. The molecule has 0 amide bonds. The maximum atomic E-state index is 12.2. The van der Waals surface area contributed by atoms with E-state index in [-0.39, 0.29) is 25.8 Å². The molecule has 12 aromatic rings. The molecular weight excluding hydrogens is 1150 g/mol. The molecule has 4 heterocycles. The van der Waals surface area contributed by atoms with Crippen molar-refractivity contribution in [3.8, 4) is 79.2 Å². The number of hydrogen-bond donors (Lipinski definition) is 0. The van der Waals surface area contributed by atoms with Crippen molar-refractivity contribution in [1.82, 2.24) is 24.3 Å². The van der Waals surface area contributed by atoms with Gasteiger partial charge in [0.05, 0.1) is 34.2 Å². The van der Waals surface area contributed by atoms with Crippen LogP contribution in [-0.4, -0.2) is 19.2 Å². The van der Waals surface area contributed by atoms with Crippen LogP contribution in [0.25, 0.3) is 79.2 Å². The van der Waals surface area contributed by atoms with E-state index >= 15 is 0 Å². The maximum absolute atomic E-state index is 12.2. The molecule has 12 rings (SSSR count). The van der Waals surface area contributed by atoms with Gasteiger partial charge in [-0.05, 0) is 89.9 Å². The van der Waals surface area contributed by atoms with Crippen LogP contribution in [-0.2, 0) is 26.3 Å². The van der Waals surface area contributed by atoms with Gasteiger partial charge in [-0.2, -0.15) is 72.8 Å². The molecule has 8 aromatic carbocycles. The molecule has 0 N–H and O–H groups in total. The van der Waals surface area contributed by atoms with Crippen LogP contribution in [0.15, 0.2) is 237 Å². The Labute approximate surface area is 466 Å². The minimum Gasteiger partial charge on any atom is -0.573 e. The number of rotatable bonds is 9. The quantitative estimate of drug-likeness (QED) is 0.107. The summed E-state index contributed by atoms with van der Waals surface area (Å²) < 4.78 is 45.1. The fourth-order valence-electron chi connectivity index (χ4n) is 8.72. The van der Waals surface area contributed by atoms with Crippen LogP contribution in [0.5, 0.6) is 0 Å². The van der Waals surface area contributed by atoms with Crippen LogP contribution in [0.1, 0.15) is 27.9 Å². The summed E-state index contributed by atoms with van der Waals surface area (Å²) in [6.45, 7) is 8.38. The molecule has 0 aliphatic heterocycles. The van der Waals surface area contributed by atoms with Gasteiger partial charge in [-0.1, -0.05) is 182 Å². The molecule has 0 aliphatic rings. The largest absolute Gasteiger partial charge is 0.573 e. The predicted molar refractivity (Wildman–Crippen MR) is 296 cm³/mol. The third kappa shape index (κ3) is 12.3. The van der Waals surface area contributed by atoms with Crippen molar-refractivity contribution in [3.63, 3.8) is 0 Å². The van der Waals surface area contributed by atoms with Gasteiger partial charge in [-0.15, -0.1) is 0 Å². The first-order valence-electron chi connectivity index (χ1n) is 25.0. The Morgan fingerprint density at radius 3 is 1.18 bits per heavy atom. The van der Waals surface area contributed by atoms with Gasteiger partial charge >= 0.3 is 6.18 Å². The normalized spacial score (nSPS) is 10.9. The van der Waals surface area contributed by atoms with Gasteiger partial charge in [-0.3, -0.25) is 14.1 Å². The van der Waals surface area contributed by atoms with E-state index < -0.39 is 11.9 Å². The molecule has 4 aromatic heterocycles. The zero-order valence-electron chi connectivity index (χ0n) is 43.1. The summed E-state index contributed by atoms with van der Waals surface area (Å²) in [5, 5.41) is 6.47. The minimum absolute atomic E-state index is 0. The molecule has 78 heavy (non-hydrogen) atoms. The monoisotopic (exact) mass is 1200 g/mol. The number of aryl methyl sites for hydroxylation is 4. The van der Waals surface area contributed by atoms with Gasteiger partial charge in [0.2, 0.25) is 0 Å². The third-order valence-electron chi connectivity index (χ3n) is 12.7. The van der Waals surface area contributed by atoms with Gasteiger partial charge in [0.25, 0.3) is 12.7 Å². The van der Waals surface area contributed by atoms with E-state index in [4.69, 9.17) is 0 Å². The number of imidazole rings is 2. The molecular formula is C67H51F3IrN7-3. The number of alkyl halides is 3. The molecule has 387 valence electrons. The van der Waals surface area contributed by atoms with Crippen LogP contribution in [0.4, 0.5) is 13.2 Å². The first-order valence-corrected chi connectivity index (χ1v) is 25.0. The Balaban J connectivity index is 0.000000150. The van der Waals surface area contributed by atoms with Gasteiger partial charge < -0.3 is 19.3 Å². The first kappa shape index (κ1) is 53.8. The second-order valence-electron chi connectivity index (χ2n) is 18.4. The molecule has 0 unspecified atom stereocenters. The second kappa shape index (κ2) is 24.3. The number of aromatic nitrogens is 7. The van der Waals surface area contributed by atoms with E-state index in [1.807, 2.05) is 12.1 Å². The second-order valence-corrected chi connectivity index (χ2v) is 18.4. The van der Waals surface area contributed by atoms with Gasteiger partial charge in [0, 0.05) is 32.0 Å². The Morgan fingerprint density at radius 2 is 0.833 bits per heavy atom. The SMILES string of the molecule is Cc1c[c-]c(-n2[c-][n+](-c3ccc(C)cc3)c(-c3ccccc3)c2-c2ccccc2)cc1.Cc1c[c-]c(-n2[c-][n+](-c3ccc(C)cc3)c(-c3ccccc3)c2-c2ccccc2)cc1.FC(F)(F)c1cc(-c2ccccn2)[n-]n1.[Ir]. The summed E-state index contributed by atoms with van der Waals surface area (Å²) in [6, 6.07) is 84.4. The average molecular weight is 1200 g/mol. The molecule has 1 radical (unpaired) electrons. The smallest absolute Gasteiger partial charge is 0.431 e. The topological polar surface area (TPSA) is 57.5 Å². The zero-order chi connectivity index (χ0) is 53.3. The minimum atomic E-state index is -4.46. The van der Waals surface area contributed by atoms with Gasteiger partial charge in [0.1, 0.15) is 5.69 Å². The molecule has 0 saturated carbocycles. The Bertz CT molecular complexity index is 3400. The van der Waals surface area contributed by atoms with E-state index in [0.29, 0.717) is 5.69 Å². The number of benzene rings is 8. The van der Waals surface area contributed by atoms with E-state index in [0.717, 1.165) is 73.8 Å². The molecule has 0 bridgehead atoms. The summed E-state index contributed by atoms with van der Waals surface area (Å²) in [7, 11) is 0. The fourth-order valence-corrected chi connectivity index (χ4v) is 8.72. The zero-order valence-corrected chi connectivity index (χ0v) is 45.5. The van der Waals surface area contributed by atoms with E-state index in [1.54, 1.807) is 18.2 Å². The van der Waals surface area contributed by atoms with Crippen LogP contribution >= 0.6 is 0 Å². The molecule has 0 aliphatic carbocycles. The Kier molecular flexibility index (Phi) is 16.8. The summed E-state index contributed by atoms with van der Waals surface area (Å²) in [5.74, 6) is 0. The van der Waals surface area contributed by atoms with E-state index in [2.05, 4.69) is 280 Å². The predicted octanol–water partition coefficient (Wildman–Crippen LogP) is 14.7. The summed E-state index contributed by atoms with van der Waals surface area (Å²) in [5.41, 5.74) is 17.4. The molecule has 0 saturated heterocycles. The Hall–Kier alpha value is -9.02. The van der Waals surface area contributed by atoms with Gasteiger partial charge in [0.15, 0.2) is 0 Å². The third-order valence-corrected chi connectivity index (χ3v) is 12.7. The maximum Gasteiger partial charge on any atom is 0.431 e. The van der Waals surface area contributed by atoms with Crippen molar-refractivity contribution >= 4 is 0 Å². The number of nitrogens with zero attached hydrogens (tertiary/aromatic N) is 7.